The highest BCUT2D eigenvalue weighted by Gasteiger charge is 2.41. The topological polar surface area (TPSA) is 37.6 Å². The van der Waals surface area contributed by atoms with Crippen LogP contribution in [0.15, 0.2) is 17.8 Å². The second-order valence-electron chi connectivity index (χ2n) is 7.12. The molecule has 0 unspecified atom stereocenters. The number of piperidine rings is 1. The van der Waals surface area contributed by atoms with Crippen molar-refractivity contribution in [3.05, 3.63) is 40.4 Å². The van der Waals surface area contributed by atoms with Gasteiger partial charge in [0.15, 0.2) is 5.78 Å². The maximum atomic E-state index is 12.5. The van der Waals surface area contributed by atoms with Crippen molar-refractivity contribution >= 4 is 17.3 Å². The van der Waals surface area contributed by atoms with Gasteiger partial charge in [-0.05, 0) is 42.7 Å². The molecule has 0 atom stereocenters. The van der Waals surface area contributed by atoms with Gasteiger partial charge in [-0.25, -0.2) is 0 Å². The summed E-state index contributed by atoms with van der Waals surface area (Å²) in [5.41, 5.74) is 3.66. The van der Waals surface area contributed by atoms with Crippen LogP contribution in [0.3, 0.4) is 0 Å². The number of hydrogen-bond donors (Lipinski definition) is 0. The predicted molar refractivity (Wildman–Crippen MR) is 92.1 cm³/mol. The van der Waals surface area contributed by atoms with Crippen LogP contribution in [-0.2, 0) is 11.2 Å². The van der Waals surface area contributed by atoms with E-state index in [0.717, 1.165) is 29.9 Å². The van der Waals surface area contributed by atoms with Gasteiger partial charge in [-0.3, -0.25) is 4.79 Å². The highest BCUT2D eigenvalue weighted by molar-refractivity contribution is 6.10. The zero-order valence-corrected chi connectivity index (χ0v) is 13.6. The van der Waals surface area contributed by atoms with Gasteiger partial charge in [0.2, 0.25) is 0 Å². The van der Waals surface area contributed by atoms with Crippen LogP contribution < -0.4 is 0 Å². The summed E-state index contributed by atoms with van der Waals surface area (Å²) < 4.78 is 0. The average molecular weight is 317 g/mol. The third-order valence-electron chi connectivity index (χ3n) is 5.91. The molecule has 1 aliphatic heterocycles. The largest absolute Gasteiger partial charge is 0.370 e. The molecule has 4 rings (SSSR count). The van der Waals surface area contributed by atoms with Crippen LogP contribution >= 0.6 is 0 Å². The van der Waals surface area contributed by atoms with Gasteiger partial charge in [-0.2, -0.15) is 0 Å². The van der Waals surface area contributed by atoms with Crippen LogP contribution in [0.25, 0.3) is 10.5 Å². The van der Waals surface area contributed by atoms with E-state index in [1.807, 2.05) is 0 Å². The Kier molecular flexibility index (Phi) is 3.43. The first-order valence-corrected chi connectivity index (χ1v) is 8.52. The summed E-state index contributed by atoms with van der Waals surface area (Å²) in [6.45, 7) is 9.08. The highest BCUT2D eigenvalue weighted by Crippen LogP contribution is 2.50. The first kappa shape index (κ1) is 15.0. The van der Waals surface area contributed by atoms with E-state index in [1.165, 1.54) is 32.1 Å². The Hall–Kier alpha value is -2.59. The molecule has 1 aromatic rings. The number of pyridine rings is 1. The van der Waals surface area contributed by atoms with Crippen molar-refractivity contribution in [2.24, 2.45) is 5.41 Å². The fraction of sp³-hybridized carbons (Fsp3) is 0.450. The number of ketones is 1. The molecule has 1 saturated carbocycles. The lowest BCUT2D eigenvalue weighted by molar-refractivity contribution is -0.114. The van der Waals surface area contributed by atoms with Gasteiger partial charge in [0.25, 0.3) is 5.82 Å². The second kappa shape index (κ2) is 5.49. The van der Waals surface area contributed by atoms with Gasteiger partial charge in [0.1, 0.15) is 6.20 Å². The van der Waals surface area contributed by atoms with Crippen molar-refractivity contribution in [3.8, 4) is 12.3 Å². The van der Waals surface area contributed by atoms with Gasteiger partial charge in [0, 0.05) is 25.1 Å². The number of carbonyl (C=O) groups excluding carboxylic acids is 1. The number of rotatable bonds is 1. The van der Waals surface area contributed by atoms with E-state index in [1.54, 1.807) is 12.3 Å². The molecule has 0 aromatic carbocycles. The monoisotopic (exact) mass is 317 g/mol. The van der Waals surface area contributed by atoms with Gasteiger partial charge in [-0.1, -0.05) is 18.9 Å². The molecule has 0 amide bonds. The fourth-order valence-corrected chi connectivity index (χ4v) is 4.28. The minimum absolute atomic E-state index is 0.0127. The molecule has 4 heteroatoms. The number of aromatic nitrogens is 1. The van der Waals surface area contributed by atoms with Crippen LogP contribution in [0.5, 0.6) is 0 Å². The SMILES string of the molecule is [C-]#[N+]c1cc2c(cn1)CC(=O)C(C#C)=C2N1CCC2(CCC2)CC1. The predicted octanol–water partition coefficient (Wildman–Crippen LogP) is 3.37. The van der Waals surface area contributed by atoms with Crippen molar-refractivity contribution in [3.63, 3.8) is 0 Å². The molecular weight excluding hydrogens is 298 g/mol. The summed E-state index contributed by atoms with van der Waals surface area (Å²) in [4.78, 5) is 22.3. The molecule has 2 heterocycles. The molecular formula is C20H19N3O. The van der Waals surface area contributed by atoms with Crippen LogP contribution in [0.1, 0.15) is 43.2 Å². The Morgan fingerprint density at radius 2 is 2.04 bits per heavy atom. The third kappa shape index (κ3) is 2.22. The van der Waals surface area contributed by atoms with E-state index < -0.39 is 0 Å². The number of likely N-dealkylation sites (tertiary alicyclic amines) is 1. The quantitative estimate of drug-likeness (QED) is 0.589. The van der Waals surface area contributed by atoms with Gasteiger partial charge >= 0.3 is 0 Å². The fourth-order valence-electron chi connectivity index (χ4n) is 4.28. The van der Waals surface area contributed by atoms with Crippen molar-refractivity contribution in [2.45, 2.75) is 38.5 Å². The summed E-state index contributed by atoms with van der Waals surface area (Å²) >= 11 is 0. The van der Waals surface area contributed by atoms with Crippen molar-refractivity contribution in [1.82, 2.24) is 9.88 Å². The maximum absolute atomic E-state index is 12.5. The number of allylic oxidation sites excluding steroid dienone is 1. The minimum Gasteiger partial charge on any atom is -0.370 e. The van der Waals surface area contributed by atoms with Gasteiger partial charge < -0.3 is 9.74 Å². The first-order chi connectivity index (χ1) is 11.7. The first-order valence-electron chi connectivity index (χ1n) is 8.52. The van der Waals surface area contributed by atoms with E-state index in [-0.39, 0.29) is 12.2 Å². The number of Topliss-reactive ketones (excluding diaryl/α,β-unsaturated/α-hetero) is 1. The number of carbonyl (C=O) groups is 1. The number of terminal acetylenes is 1. The molecule has 1 saturated heterocycles. The Morgan fingerprint density at radius 1 is 1.29 bits per heavy atom. The summed E-state index contributed by atoms with van der Waals surface area (Å²) in [6, 6.07) is 1.79. The minimum atomic E-state index is -0.0127. The number of hydrogen-bond acceptors (Lipinski definition) is 3. The maximum Gasteiger partial charge on any atom is 0.270 e. The van der Waals surface area contributed by atoms with E-state index in [2.05, 4.69) is 20.6 Å². The smallest absolute Gasteiger partial charge is 0.270 e. The summed E-state index contributed by atoms with van der Waals surface area (Å²) in [5, 5.41) is 0. The lowest BCUT2D eigenvalue weighted by atomic mass is 9.63. The van der Waals surface area contributed by atoms with E-state index in [0.29, 0.717) is 16.8 Å². The van der Waals surface area contributed by atoms with Gasteiger partial charge in [0.05, 0.1) is 11.3 Å². The molecule has 1 spiro atoms. The lowest BCUT2D eigenvalue weighted by Crippen LogP contribution is -2.43. The van der Waals surface area contributed by atoms with Crippen molar-refractivity contribution in [1.29, 1.82) is 0 Å². The lowest BCUT2D eigenvalue weighted by Gasteiger charge is -2.49. The molecule has 1 aromatic heterocycles. The summed E-state index contributed by atoms with van der Waals surface area (Å²) in [6.07, 6.45) is 14.0. The summed E-state index contributed by atoms with van der Waals surface area (Å²) in [5.74, 6) is 2.96. The molecule has 4 nitrogen and oxygen atoms in total. The van der Waals surface area contributed by atoms with Crippen LogP contribution in [-0.4, -0.2) is 28.8 Å². The van der Waals surface area contributed by atoms with Crippen LogP contribution in [0.2, 0.25) is 0 Å². The molecule has 0 N–H and O–H groups in total. The molecule has 2 aliphatic carbocycles. The van der Waals surface area contributed by atoms with Crippen LogP contribution in [0, 0.1) is 24.3 Å². The molecule has 24 heavy (non-hydrogen) atoms. The third-order valence-corrected chi connectivity index (χ3v) is 5.91. The average Bonchev–Trinajstić information content (AvgIpc) is 2.59. The van der Waals surface area contributed by atoms with Crippen molar-refractivity contribution < 1.29 is 4.79 Å². The Balaban J connectivity index is 1.75. The van der Waals surface area contributed by atoms with E-state index in [4.69, 9.17) is 13.0 Å². The Morgan fingerprint density at radius 3 is 2.62 bits per heavy atom. The zero-order chi connectivity index (χ0) is 16.7. The Labute approximate surface area is 142 Å². The molecule has 2 fully saturated rings. The summed E-state index contributed by atoms with van der Waals surface area (Å²) in [7, 11) is 0. The second-order valence-corrected chi connectivity index (χ2v) is 7.12. The van der Waals surface area contributed by atoms with Crippen molar-refractivity contribution in [2.75, 3.05) is 13.1 Å². The van der Waals surface area contributed by atoms with E-state index >= 15 is 0 Å². The van der Waals surface area contributed by atoms with Gasteiger partial charge in [-0.15, -0.1) is 11.4 Å². The number of nitrogens with zero attached hydrogens (tertiary/aromatic N) is 3. The van der Waals surface area contributed by atoms with Crippen LogP contribution in [0.4, 0.5) is 5.82 Å². The zero-order valence-electron chi connectivity index (χ0n) is 13.6. The molecule has 120 valence electrons. The highest BCUT2D eigenvalue weighted by atomic mass is 16.1. The number of fused-ring (bicyclic) bond motifs is 1. The standard InChI is InChI=1S/C20H19N3O/c1-3-15-17(24)11-14-13-22-18(21-2)12-16(14)19(15)23-9-7-20(8-10-23)5-4-6-20/h1,12-13H,4-11H2. The molecule has 3 aliphatic rings. The molecule has 0 bridgehead atoms. The molecule has 0 radical (unpaired) electrons. The Bertz CT molecular complexity index is 823. The van der Waals surface area contributed by atoms with E-state index in [9.17, 15) is 4.79 Å². The normalized spacial score (nSPS) is 21.8.